The highest BCUT2D eigenvalue weighted by molar-refractivity contribution is 5.92. The van der Waals surface area contributed by atoms with E-state index in [1.54, 1.807) is 12.3 Å². The molecule has 20 heavy (non-hydrogen) atoms. The maximum Gasteiger partial charge on any atom is 0.267 e. The largest absolute Gasteiger partial charge is 0.376 e. The molecule has 2 fully saturated rings. The number of ether oxygens (including phenoxy) is 1. The van der Waals surface area contributed by atoms with Crippen LogP contribution in [-0.2, 0) is 4.74 Å². The maximum atomic E-state index is 11.8. The lowest BCUT2D eigenvalue weighted by Gasteiger charge is -2.32. The first-order valence-electron chi connectivity index (χ1n) is 7.01. The topological polar surface area (TPSA) is 66.2 Å². The number of hydrogen-bond acceptors (Lipinski definition) is 3. The van der Waals surface area contributed by atoms with Crippen molar-refractivity contribution in [3.05, 3.63) is 24.0 Å². The lowest BCUT2D eigenvalue weighted by molar-refractivity contribution is 0.0779. The Bertz CT molecular complexity index is 430. The van der Waals surface area contributed by atoms with E-state index in [1.165, 1.54) is 12.8 Å². The van der Waals surface area contributed by atoms with Gasteiger partial charge in [-0.05, 0) is 49.9 Å². The highest BCUT2D eigenvalue weighted by Gasteiger charge is 2.40. The minimum atomic E-state index is -0.0557. The minimum absolute atomic E-state index is 0. The van der Waals surface area contributed by atoms with E-state index in [0.29, 0.717) is 17.7 Å². The number of nitrogens with one attached hydrogen (secondary N) is 3. The number of rotatable bonds is 3. The van der Waals surface area contributed by atoms with Crippen molar-refractivity contribution in [1.82, 2.24) is 15.6 Å². The third kappa shape index (κ3) is 3.34. The molecule has 1 aromatic rings. The van der Waals surface area contributed by atoms with Crippen molar-refractivity contribution in [2.24, 2.45) is 5.41 Å². The number of halogens is 1. The standard InChI is InChI=1S/C14H21N3O2.ClH/c18-13(12-2-1-5-16-12)17-9-11-8-14(10-19-11)3-6-15-7-4-14;/h1-2,5,11,15-16H,3-4,6-10H2,(H,17,18);1H. The Labute approximate surface area is 125 Å². The number of piperidine rings is 1. The summed E-state index contributed by atoms with van der Waals surface area (Å²) in [5.41, 5.74) is 0.960. The van der Waals surface area contributed by atoms with Crippen LogP contribution in [0.3, 0.4) is 0 Å². The fourth-order valence-electron chi connectivity index (χ4n) is 3.11. The summed E-state index contributed by atoms with van der Waals surface area (Å²) in [5.74, 6) is -0.0557. The molecule has 5 nitrogen and oxygen atoms in total. The van der Waals surface area contributed by atoms with Crippen molar-refractivity contribution in [3.8, 4) is 0 Å². The van der Waals surface area contributed by atoms with E-state index in [0.717, 1.165) is 26.1 Å². The summed E-state index contributed by atoms with van der Waals surface area (Å²) >= 11 is 0. The van der Waals surface area contributed by atoms with Crippen LogP contribution in [0.15, 0.2) is 18.3 Å². The van der Waals surface area contributed by atoms with Gasteiger partial charge in [-0.3, -0.25) is 4.79 Å². The van der Waals surface area contributed by atoms with E-state index < -0.39 is 0 Å². The molecule has 0 bridgehead atoms. The summed E-state index contributed by atoms with van der Waals surface area (Å²) in [6.45, 7) is 3.63. The van der Waals surface area contributed by atoms with E-state index in [-0.39, 0.29) is 24.4 Å². The molecule has 1 amide bonds. The predicted molar refractivity (Wildman–Crippen MR) is 79.3 cm³/mol. The molecule has 2 aliphatic rings. The Hall–Kier alpha value is -1.04. The first-order valence-corrected chi connectivity index (χ1v) is 7.01. The van der Waals surface area contributed by atoms with Gasteiger partial charge in [-0.1, -0.05) is 0 Å². The molecule has 2 saturated heterocycles. The van der Waals surface area contributed by atoms with Gasteiger partial charge in [-0.15, -0.1) is 12.4 Å². The molecule has 3 N–H and O–H groups in total. The molecule has 3 heterocycles. The normalized spacial score (nSPS) is 24.3. The molecule has 112 valence electrons. The van der Waals surface area contributed by atoms with Crippen LogP contribution in [0.1, 0.15) is 29.8 Å². The number of carbonyl (C=O) groups is 1. The predicted octanol–water partition coefficient (Wildman–Crippen LogP) is 1.32. The van der Waals surface area contributed by atoms with Crippen LogP contribution in [0.5, 0.6) is 0 Å². The van der Waals surface area contributed by atoms with Crippen molar-refractivity contribution in [2.45, 2.75) is 25.4 Å². The van der Waals surface area contributed by atoms with E-state index in [4.69, 9.17) is 4.74 Å². The molecule has 0 aromatic carbocycles. The Morgan fingerprint density at radius 2 is 2.25 bits per heavy atom. The lowest BCUT2D eigenvalue weighted by Crippen LogP contribution is -2.38. The maximum absolute atomic E-state index is 11.8. The number of amides is 1. The van der Waals surface area contributed by atoms with Gasteiger partial charge in [0.2, 0.25) is 0 Å². The Balaban J connectivity index is 0.00000147. The van der Waals surface area contributed by atoms with Crippen LogP contribution in [-0.4, -0.2) is 43.2 Å². The summed E-state index contributed by atoms with van der Waals surface area (Å²) in [6.07, 6.45) is 5.37. The zero-order chi connectivity index (χ0) is 13.1. The zero-order valence-electron chi connectivity index (χ0n) is 11.5. The van der Waals surface area contributed by atoms with Gasteiger partial charge in [0.25, 0.3) is 5.91 Å². The Kier molecular flexibility index (Phi) is 5.07. The van der Waals surface area contributed by atoms with E-state index in [2.05, 4.69) is 15.6 Å². The van der Waals surface area contributed by atoms with Crippen LogP contribution in [0, 0.1) is 5.41 Å². The second-order valence-corrected chi connectivity index (χ2v) is 5.68. The van der Waals surface area contributed by atoms with E-state index in [9.17, 15) is 4.79 Å². The quantitative estimate of drug-likeness (QED) is 0.789. The lowest BCUT2D eigenvalue weighted by atomic mass is 9.77. The smallest absolute Gasteiger partial charge is 0.267 e. The molecule has 1 unspecified atom stereocenters. The Morgan fingerprint density at radius 1 is 1.45 bits per heavy atom. The highest BCUT2D eigenvalue weighted by atomic mass is 35.5. The number of hydrogen-bond donors (Lipinski definition) is 3. The summed E-state index contributed by atoms with van der Waals surface area (Å²) < 4.78 is 5.86. The van der Waals surface area contributed by atoms with Crippen molar-refractivity contribution >= 4 is 18.3 Å². The second-order valence-electron chi connectivity index (χ2n) is 5.68. The van der Waals surface area contributed by atoms with Crippen molar-refractivity contribution in [2.75, 3.05) is 26.2 Å². The van der Waals surface area contributed by atoms with Gasteiger partial charge in [-0.25, -0.2) is 0 Å². The van der Waals surface area contributed by atoms with Crippen LogP contribution >= 0.6 is 12.4 Å². The van der Waals surface area contributed by atoms with Crippen LogP contribution in [0.2, 0.25) is 0 Å². The number of aromatic amines is 1. The molecule has 1 aromatic heterocycles. The van der Waals surface area contributed by atoms with Crippen LogP contribution in [0.4, 0.5) is 0 Å². The number of carbonyl (C=O) groups excluding carboxylic acids is 1. The van der Waals surface area contributed by atoms with Crippen LogP contribution < -0.4 is 10.6 Å². The van der Waals surface area contributed by atoms with Gasteiger partial charge in [0.1, 0.15) is 5.69 Å². The highest BCUT2D eigenvalue weighted by Crippen LogP contribution is 2.40. The SMILES string of the molecule is Cl.O=C(NCC1CC2(CCNCC2)CO1)c1ccc[nH]1. The molecule has 0 saturated carbocycles. The fraction of sp³-hybridized carbons (Fsp3) is 0.643. The van der Waals surface area contributed by atoms with Crippen molar-refractivity contribution < 1.29 is 9.53 Å². The summed E-state index contributed by atoms with van der Waals surface area (Å²) in [5, 5.41) is 6.33. The third-order valence-corrected chi connectivity index (χ3v) is 4.28. The first kappa shape index (κ1) is 15.4. The molecule has 3 rings (SSSR count). The van der Waals surface area contributed by atoms with Gasteiger partial charge >= 0.3 is 0 Å². The van der Waals surface area contributed by atoms with E-state index >= 15 is 0 Å². The molecule has 0 radical (unpaired) electrons. The monoisotopic (exact) mass is 299 g/mol. The molecule has 0 aliphatic carbocycles. The number of H-pyrrole nitrogens is 1. The average molecular weight is 300 g/mol. The molecule has 6 heteroatoms. The third-order valence-electron chi connectivity index (χ3n) is 4.28. The van der Waals surface area contributed by atoms with E-state index in [1.807, 2.05) is 6.07 Å². The molecule has 2 aliphatic heterocycles. The number of aromatic nitrogens is 1. The minimum Gasteiger partial charge on any atom is -0.376 e. The first-order chi connectivity index (χ1) is 9.27. The zero-order valence-corrected chi connectivity index (χ0v) is 12.3. The fourth-order valence-corrected chi connectivity index (χ4v) is 3.11. The molecule has 1 spiro atoms. The summed E-state index contributed by atoms with van der Waals surface area (Å²) in [7, 11) is 0. The Morgan fingerprint density at radius 3 is 2.95 bits per heavy atom. The second kappa shape index (κ2) is 6.61. The molecular weight excluding hydrogens is 278 g/mol. The van der Waals surface area contributed by atoms with Crippen molar-refractivity contribution in [3.63, 3.8) is 0 Å². The van der Waals surface area contributed by atoms with Gasteiger partial charge in [0.05, 0.1) is 12.7 Å². The van der Waals surface area contributed by atoms with Crippen LogP contribution in [0.25, 0.3) is 0 Å². The average Bonchev–Trinajstić information content (AvgIpc) is 3.08. The van der Waals surface area contributed by atoms with Gasteiger partial charge in [0, 0.05) is 12.7 Å². The van der Waals surface area contributed by atoms with Gasteiger partial charge in [0.15, 0.2) is 0 Å². The summed E-state index contributed by atoms with van der Waals surface area (Å²) in [4.78, 5) is 14.7. The summed E-state index contributed by atoms with van der Waals surface area (Å²) in [6, 6.07) is 3.60. The molecular formula is C14H22ClN3O2. The van der Waals surface area contributed by atoms with Gasteiger partial charge in [-0.2, -0.15) is 0 Å². The van der Waals surface area contributed by atoms with Gasteiger partial charge < -0.3 is 20.4 Å². The molecule has 1 atom stereocenters. The van der Waals surface area contributed by atoms with Crippen molar-refractivity contribution in [1.29, 1.82) is 0 Å².